The maximum absolute atomic E-state index is 5.51. The van der Waals surface area contributed by atoms with Gasteiger partial charge in [-0.15, -0.1) is 0 Å². The Balaban J connectivity index is 1.52. The molecule has 0 bridgehead atoms. The summed E-state index contributed by atoms with van der Waals surface area (Å²) >= 11 is 0. The van der Waals surface area contributed by atoms with E-state index in [0.29, 0.717) is 6.61 Å². The molecule has 0 spiro atoms. The number of aryl methyl sites for hydroxylation is 1. The van der Waals surface area contributed by atoms with Gasteiger partial charge in [0, 0.05) is 0 Å². The average molecular weight is 386 g/mol. The van der Waals surface area contributed by atoms with Gasteiger partial charge in [-0.1, -0.05) is 71.1 Å². The van der Waals surface area contributed by atoms with E-state index in [1.807, 2.05) is 19.1 Å². The minimum absolute atomic E-state index is 0.710. The maximum atomic E-state index is 5.51. The molecule has 0 aliphatic heterocycles. The lowest BCUT2D eigenvalue weighted by Gasteiger charge is -2.03. The summed E-state index contributed by atoms with van der Waals surface area (Å²) < 4.78 is 9.99. The molecule has 1 aromatic heterocycles. The lowest BCUT2D eigenvalue weighted by Crippen LogP contribution is -2.30. The van der Waals surface area contributed by atoms with E-state index < -0.39 is 0 Å². The Morgan fingerprint density at radius 1 is 0.750 bits per heavy atom. The number of nitrogens with zero attached hydrogens (tertiary/aromatic N) is 2. The quantitative estimate of drug-likeness (QED) is 0.228. The Morgan fingerprint density at radius 3 is 1.89 bits per heavy atom. The van der Waals surface area contributed by atoms with Crippen LogP contribution < -0.4 is 9.30 Å². The van der Waals surface area contributed by atoms with Gasteiger partial charge in [-0.05, 0) is 44.0 Å². The fourth-order valence-electron chi connectivity index (χ4n) is 3.70. The highest BCUT2D eigenvalue weighted by Gasteiger charge is 2.06. The number of unbranched alkanes of at least 4 members (excludes halogenated alkanes) is 11. The van der Waals surface area contributed by atoms with Crippen LogP contribution in [0.5, 0.6) is 5.75 Å². The Hall–Kier alpha value is -1.77. The predicted octanol–water partition coefficient (Wildman–Crippen LogP) is 6.86. The van der Waals surface area contributed by atoms with Gasteiger partial charge in [0.1, 0.15) is 23.8 Å². The van der Waals surface area contributed by atoms with Crippen LogP contribution in [-0.2, 0) is 6.54 Å². The van der Waals surface area contributed by atoms with E-state index >= 15 is 0 Å². The van der Waals surface area contributed by atoms with Gasteiger partial charge in [-0.25, -0.2) is 9.13 Å². The lowest BCUT2D eigenvalue weighted by molar-refractivity contribution is -0.696. The summed E-state index contributed by atoms with van der Waals surface area (Å²) in [6, 6.07) is 8.29. The van der Waals surface area contributed by atoms with Crippen LogP contribution in [0.4, 0.5) is 0 Å². The summed E-state index contributed by atoms with van der Waals surface area (Å²) in [5, 5.41) is 0. The van der Waals surface area contributed by atoms with Crippen LogP contribution in [0.25, 0.3) is 5.69 Å². The molecule has 0 atom stereocenters. The molecule has 0 aliphatic carbocycles. The van der Waals surface area contributed by atoms with Crippen molar-refractivity contribution in [3.8, 4) is 11.4 Å². The molecule has 3 heteroatoms. The smallest absolute Gasteiger partial charge is 0.248 e. The largest absolute Gasteiger partial charge is 0.494 e. The van der Waals surface area contributed by atoms with Gasteiger partial charge < -0.3 is 4.74 Å². The molecule has 1 aromatic carbocycles. The van der Waals surface area contributed by atoms with Gasteiger partial charge in [0.2, 0.25) is 6.33 Å². The van der Waals surface area contributed by atoms with Crippen LogP contribution in [0.1, 0.15) is 90.9 Å². The molecule has 2 rings (SSSR count). The second-order valence-electron chi connectivity index (χ2n) is 7.87. The van der Waals surface area contributed by atoms with Crippen molar-refractivity contribution in [2.45, 2.75) is 97.4 Å². The van der Waals surface area contributed by atoms with Crippen molar-refractivity contribution in [3.63, 3.8) is 0 Å². The van der Waals surface area contributed by atoms with Gasteiger partial charge >= 0.3 is 0 Å². The molecule has 2 aromatic rings. The zero-order chi connectivity index (χ0) is 19.9. The average Bonchev–Trinajstić information content (AvgIpc) is 3.18. The van der Waals surface area contributed by atoms with E-state index in [2.05, 4.69) is 46.9 Å². The number of benzene rings is 1. The second kappa shape index (κ2) is 14.3. The molecule has 0 saturated carbocycles. The van der Waals surface area contributed by atoms with Gasteiger partial charge in [-0.3, -0.25) is 0 Å². The molecule has 0 fully saturated rings. The fourth-order valence-corrected chi connectivity index (χ4v) is 3.70. The first-order chi connectivity index (χ1) is 13.8. The molecule has 3 nitrogen and oxygen atoms in total. The summed E-state index contributed by atoms with van der Waals surface area (Å²) in [7, 11) is 0. The summed E-state index contributed by atoms with van der Waals surface area (Å²) in [6.45, 7) is 6.12. The van der Waals surface area contributed by atoms with Crippen LogP contribution in [-0.4, -0.2) is 11.2 Å². The van der Waals surface area contributed by atoms with E-state index in [1.165, 1.54) is 82.7 Å². The van der Waals surface area contributed by atoms with Gasteiger partial charge in [0.25, 0.3) is 0 Å². The molecule has 156 valence electrons. The van der Waals surface area contributed by atoms with Crippen LogP contribution in [0, 0.1) is 0 Å². The van der Waals surface area contributed by atoms with E-state index in [-0.39, 0.29) is 0 Å². The minimum atomic E-state index is 0.710. The molecule has 0 aliphatic rings. The van der Waals surface area contributed by atoms with E-state index in [4.69, 9.17) is 4.74 Å². The van der Waals surface area contributed by atoms with Crippen LogP contribution in [0.2, 0.25) is 0 Å². The van der Waals surface area contributed by atoms with Gasteiger partial charge in [0.15, 0.2) is 0 Å². The number of hydrogen-bond acceptors (Lipinski definition) is 1. The first kappa shape index (κ1) is 22.5. The van der Waals surface area contributed by atoms with E-state index in [0.717, 1.165) is 12.3 Å². The normalized spacial score (nSPS) is 11.1. The molecule has 0 N–H and O–H groups in total. The first-order valence-corrected chi connectivity index (χ1v) is 11.6. The van der Waals surface area contributed by atoms with Crippen LogP contribution >= 0.6 is 0 Å². The highest BCUT2D eigenvalue weighted by molar-refractivity contribution is 5.36. The predicted molar refractivity (Wildman–Crippen MR) is 118 cm³/mol. The molecular weight excluding hydrogens is 344 g/mol. The Bertz CT molecular complexity index is 618. The van der Waals surface area contributed by atoms with Crippen molar-refractivity contribution in [3.05, 3.63) is 43.0 Å². The highest BCUT2D eigenvalue weighted by Crippen LogP contribution is 2.15. The Morgan fingerprint density at radius 2 is 1.32 bits per heavy atom. The first-order valence-electron chi connectivity index (χ1n) is 11.6. The topological polar surface area (TPSA) is 18.0 Å². The van der Waals surface area contributed by atoms with Gasteiger partial charge in [-0.2, -0.15) is 0 Å². The molecular formula is C25H41N2O+. The van der Waals surface area contributed by atoms with Crippen LogP contribution in [0.15, 0.2) is 43.0 Å². The fraction of sp³-hybridized carbons (Fsp3) is 0.640. The third kappa shape index (κ3) is 8.95. The highest BCUT2D eigenvalue weighted by atomic mass is 16.5. The summed E-state index contributed by atoms with van der Waals surface area (Å²) in [6.07, 6.45) is 23.3. The van der Waals surface area contributed by atoms with E-state index in [9.17, 15) is 0 Å². The molecule has 0 unspecified atom stereocenters. The second-order valence-corrected chi connectivity index (χ2v) is 7.87. The van der Waals surface area contributed by atoms with Crippen molar-refractivity contribution in [2.75, 3.05) is 6.61 Å². The van der Waals surface area contributed by atoms with E-state index in [1.54, 1.807) is 0 Å². The zero-order valence-electron chi connectivity index (χ0n) is 18.2. The molecule has 1 heterocycles. The SMILES string of the molecule is CCCCCCCCCCCCCC[n+]1ccn(-c2ccc(OCC)cc2)c1. The summed E-state index contributed by atoms with van der Waals surface area (Å²) in [4.78, 5) is 0. The number of rotatable bonds is 16. The molecule has 28 heavy (non-hydrogen) atoms. The van der Waals surface area contributed by atoms with Crippen molar-refractivity contribution in [1.82, 2.24) is 4.57 Å². The van der Waals surface area contributed by atoms with Crippen LogP contribution in [0.3, 0.4) is 0 Å². The standard InChI is InChI=1S/C25H41N2O/c1-3-5-6-7-8-9-10-11-12-13-14-15-20-26-21-22-27(23-26)24-16-18-25(19-17-24)28-4-2/h16-19,21-23H,3-15,20H2,1-2H3/q+1. The molecule has 0 radical (unpaired) electrons. The molecule has 0 amide bonds. The number of hydrogen-bond donors (Lipinski definition) is 0. The number of ether oxygens (including phenoxy) is 1. The minimum Gasteiger partial charge on any atom is -0.494 e. The summed E-state index contributed by atoms with van der Waals surface area (Å²) in [5.74, 6) is 0.933. The monoisotopic (exact) mass is 385 g/mol. The van der Waals surface area contributed by atoms with Crippen molar-refractivity contribution in [1.29, 1.82) is 0 Å². The number of aromatic nitrogens is 2. The lowest BCUT2D eigenvalue weighted by atomic mass is 10.1. The van der Waals surface area contributed by atoms with Crippen molar-refractivity contribution >= 4 is 0 Å². The summed E-state index contributed by atoms with van der Waals surface area (Å²) in [5.41, 5.74) is 1.18. The van der Waals surface area contributed by atoms with Gasteiger partial charge in [0.05, 0.1) is 13.2 Å². The third-order valence-electron chi connectivity index (χ3n) is 5.41. The Labute approximate surface area is 172 Å². The van der Waals surface area contributed by atoms with Crippen molar-refractivity contribution < 1.29 is 9.30 Å². The molecule has 0 saturated heterocycles. The number of imidazole rings is 1. The third-order valence-corrected chi connectivity index (χ3v) is 5.41. The maximum Gasteiger partial charge on any atom is 0.248 e. The van der Waals surface area contributed by atoms with Crippen molar-refractivity contribution in [2.24, 2.45) is 0 Å². The zero-order valence-corrected chi connectivity index (χ0v) is 18.2. The Kier molecular flexibility index (Phi) is 11.5.